The summed E-state index contributed by atoms with van der Waals surface area (Å²) in [4.78, 5) is 9.81. The van der Waals surface area contributed by atoms with E-state index in [0.29, 0.717) is 17.2 Å². The summed E-state index contributed by atoms with van der Waals surface area (Å²) >= 11 is 0. The van der Waals surface area contributed by atoms with Gasteiger partial charge in [0.2, 0.25) is 5.88 Å². The third-order valence-corrected chi connectivity index (χ3v) is 4.26. The molecule has 0 bridgehead atoms. The smallest absolute Gasteiger partial charge is 0.438 e. The second-order valence-electron chi connectivity index (χ2n) is 6.56. The molecule has 0 saturated heterocycles. The van der Waals surface area contributed by atoms with Gasteiger partial charge in [-0.05, 0) is 42.8 Å². The number of hydrogen-bond donors (Lipinski definition) is 1. The first kappa shape index (κ1) is 19.8. The number of alkyl halides is 3. The van der Waals surface area contributed by atoms with Crippen molar-refractivity contribution in [1.29, 1.82) is 0 Å². The summed E-state index contributed by atoms with van der Waals surface area (Å²) in [6.45, 7) is 1.91. The lowest BCUT2D eigenvalue weighted by molar-refractivity contribution is -0.274. The molecule has 0 spiro atoms. The molecule has 1 aromatic carbocycles. The van der Waals surface area contributed by atoms with Gasteiger partial charge in [-0.3, -0.25) is 14.5 Å². The van der Waals surface area contributed by atoms with Crippen molar-refractivity contribution in [2.24, 2.45) is 7.05 Å². The Balaban J connectivity index is 1.41. The predicted molar refractivity (Wildman–Crippen MR) is 100.0 cm³/mol. The van der Waals surface area contributed by atoms with Crippen LogP contribution in [0.4, 0.5) is 13.2 Å². The molecule has 0 unspecified atom stereocenters. The number of halogens is 3. The zero-order chi connectivity index (χ0) is 21.3. The molecule has 1 N–H and O–H groups in total. The lowest BCUT2D eigenvalue weighted by atomic mass is 10.1. The highest BCUT2D eigenvalue weighted by molar-refractivity contribution is 5.55. The van der Waals surface area contributed by atoms with Gasteiger partial charge in [-0.25, -0.2) is 5.48 Å². The average Bonchev–Trinajstić information content (AvgIpc) is 3.28. The molecule has 2 aromatic heterocycles. The molecule has 30 heavy (non-hydrogen) atoms. The Morgan fingerprint density at radius 2 is 1.83 bits per heavy atom. The van der Waals surface area contributed by atoms with Crippen LogP contribution in [0.1, 0.15) is 17.4 Å². The maximum absolute atomic E-state index is 12.3. The fourth-order valence-corrected chi connectivity index (χ4v) is 2.97. The summed E-state index contributed by atoms with van der Waals surface area (Å²) in [5.41, 5.74) is 5.83. The van der Waals surface area contributed by atoms with Gasteiger partial charge in [-0.15, -0.1) is 13.2 Å². The molecular weight excluding hydrogens is 401 g/mol. The van der Waals surface area contributed by atoms with E-state index in [0.717, 1.165) is 17.1 Å². The van der Waals surface area contributed by atoms with Gasteiger partial charge in [0.05, 0.1) is 23.3 Å². The van der Waals surface area contributed by atoms with Crippen LogP contribution < -0.4 is 15.0 Å². The third kappa shape index (κ3) is 4.54. The number of ether oxygens (including phenoxy) is 2. The van der Waals surface area contributed by atoms with Gasteiger partial charge < -0.3 is 9.47 Å². The zero-order valence-corrected chi connectivity index (χ0v) is 16.0. The van der Waals surface area contributed by atoms with E-state index in [-0.39, 0.29) is 5.75 Å². The monoisotopic (exact) mass is 418 g/mol. The fraction of sp³-hybridized carbons (Fsp3) is 0.200. The normalized spacial score (nSPS) is 16.2. The van der Waals surface area contributed by atoms with E-state index < -0.39 is 12.5 Å². The van der Waals surface area contributed by atoms with Gasteiger partial charge in [-0.1, -0.05) is 12.1 Å². The van der Waals surface area contributed by atoms with Crippen molar-refractivity contribution in [2.75, 3.05) is 0 Å². The molecule has 1 atom stereocenters. The SMILES string of the molecule is Cc1cc(-c2ccc(OC3=C[C@H](c4ccc(OC(F)(F)F)cc4)ON3)cn2)n(C)n1. The lowest BCUT2D eigenvalue weighted by Crippen LogP contribution is -2.17. The van der Waals surface area contributed by atoms with Crippen LogP contribution in [0, 0.1) is 6.92 Å². The minimum atomic E-state index is -4.73. The molecule has 1 aliphatic rings. The van der Waals surface area contributed by atoms with Crippen LogP contribution in [-0.2, 0) is 11.9 Å². The second-order valence-corrected chi connectivity index (χ2v) is 6.56. The number of aryl methyl sites for hydroxylation is 2. The Kier molecular flexibility index (Phi) is 5.08. The van der Waals surface area contributed by atoms with Crippen LogP contribution in [0.2, 0.25) is 0 Å². The van der Waals surface area contributed by atoms with Crippen molar-refractivity contribution in [3.8, 4) is 22.9 Å². The van der Waals surface area contributed by atoms with Crippen molar-refractivity contribution < 1.29 is 27.5 Å². The van der Waals surface area contributed by atoms with Crippen LogP contribution in [0.15, 0.2) is 60.6 Å². The standard InChI is InChI=1S/C20H17F3N4O3/c1-12-9-17(27(2)25-12)16-8-7-15(11-24-16)28-19-10-18(30-26-19)13-3-5-14(6-4-13)29-20(21,22)23/h3-11,18,26H,1-2H3/t18-/m1/s1. The first-order valence-electron chi connectivity index (χ1n) is 8.91. The molecule has 4 rings (SSSR count). The first-order valence-corrected chi connectivity index (χ1v) is 8.91. The number of hydroxylamine groups is 1. The van der Waals surface area contributed by atoms with Gasteiger partial charge in [0.25, 0.3) is 0 Å². The Morgan fingerprint density at radius 1 is 1.10 bits per heavy atom. The predicted octanol–water partition coefficient (Wildman–Crippen LogP) is 4.19. The number of pyridine rings is 1. The maximum atomic E-state index is 12.3. The molecule has 1 aliphatic heterocycles. The Labute approximate surface area is 169 Å². The van der Waals surface area contributed by atoms with Crippen molar-refractivity contribution in [2.45, 2.75) is 19.4 Å². The topological polar surface area (TPSA) is 70.4 Å². The van der Waals surface area contributed by atoms with E-state index in [1.807, 2.05) is 26.1 Å². The first-order chi connectivity index (χ1) is 14.3. The van der Waals surface area contributed by atoms with E-state index >= 15 is 0 Å². The highest BCUT2D eigenvalue weighted by atomic mass is 19.4. The van der Waals surface area contributed by atoms with E-state index in [9.17, 15) is 13.2 Å². The van der Waals surface area contributed by atoms with E-state index in [4.69, 9.17) is 9.57 Å². The van der Waals surface area contributed by atoms with Crippen molar-refractivity contribution in [3.63, 3.8) is 0 Å². The minimum Gasteiger partial charge on any atom is -0.438 e. The summed E-state index contributed by atoms with van der Waals surface area (Å²) in [6, 6.07) is 10.9. The Bertz CT molecular complexity index is 1060. The average molecular weight is 418 g/mol. The lowest BCUT2D eigenvalue weighted by Gasteiger charge is -2.11. The molecule has 0 amide bonds. The van der Waals surface area contributed by atoms with Crippen molar-refractivity contribution >= 4 is 0 Å². The molecule has 10 heteroatoms. The van der Waals surface area contributed by atoms with Gasteiger partial charge in [-0.2, -0.15) is 5.10 Å². The largest absolute Gasteiger partial charge is 0.573 e. The summed E-state index contributed by atoms with van der Waals surface area (Å²) in [5, 5.41) is 4.30. The number of rotatable bonds is 5. The quantitative estimate of drug-likeness (QED) is 0.670. The Morgan fingerprint density at radius 3 is 2.43 bits per heavy atom. The van der Waals surface area contributed by atoms with Crippen molar-refractivity contribution in [3.05, 3.63) is 71.9 Å². The summed E-state index contributed by atoms with van der Waals surface area (Å²) in [6.07, 6.45) is -2.01. The second kappa shape index (κ2) is 7.71. The van der Waals surface area contributed by atoms with Crippen LogP contribution >= 0.6 is 0 Å². The molecule has 0 fully saturated rings. The number of aromatic nitrogens is 3. The van der Waals surface area contributed by atoms with Gasteiger partial charge in [0.15, 0.2) is 0 Å². The van der Waals surface area contributed by atoms with Crippen molar-refractivity contribution in [1.82, 2.24) is 20.2 Å². The highest BCUT2D eigenvalue weighted by Gasteiger charge is 2.31. The third-order valence-electron chi connectivity index (χ3n) is 4.26. The van der Waals surface area contributed by atoms with Gasteiger partial charge >= 0.3 is 6.36 Å². The fourth-order valence-electron chi connectivity index (χ4n) is 2.97. The highest BCUT2D eigenvalue weighted by Crippen LogP contribution is 2.29. The van der Waals surface area contributed by atoms with Gasteiger partial charge in [0.1, 0.15) is 17.6 Å². The molecule has 0 saturated carbocycles. The summed E-state index contributed by atoms with van der Waals surface area (Å²) < 4.78 is 48.1. The molecule has 0 aliphatic carbocycles. The number of nitrogens with zero attached hydrogens (tertiary/aromatic N) is 3. The van der Waals surface area contributed by atoms with Gasteiger partial charge in [0, 0.05) is 13.1 Å². The molecule has 0 radical (unpaired) electrons. The molecule has 3 heterocycles. The Hall–Kier alpha value is -3.53. The zero-order valence-electron chi connectivity index (χ0n) is 16.0. The minimum absolute atomic E-state index is 0.299. The summed E-state index contributed by atoms with van der Waals surface area (Å²) in [7, 11) is 1.85. The van der Waals surface area contributed by atoms with Crippen LogP contribution in [-0.4, -0.2) is 21.1 Å². The molecule has 156 valence electrons. The summed E-state index contributed by atoms with van der Waals surface area (Å²) in [5.74, 6) is 0.545. The van der Waals surface area contributed by atoms with Crippen LogP contribution in [0.3, 0.4) is 0 Å². The van der Waals surface area contributed by atoms with E-state index in [2.05, 4.69) is 20.3 Å². The number of hydrogen-bond acceptors (Lipinski definition) is 6. The van der Waals surface area contributed by atoms with Crippen LogP contribution in [0.5, 0.6) is 11.5 Å². The molecule has 3 aromatic rings. The van der Waals surface area contributed by atoms with E-state index in [1.54, 1.807) is 23.0 Å². The maximum Gasteiger partial charge on any atom is 0.573 e. The van der Waals surface area contributed by atoms with Crippen LogP contribution in [0.25, 0.3) is 11.4 Å². The molecular formula is C20H17F3N4O3. The molecule has 7 nitrogen and oxygen atoms in total. The van der Waals surface area contributed by atoms with E-state index in [1.165, 1.54) is 24.3 Å². The number of benzene rings is 1. The number of nitrogens with one attached hydrogen (secondary N) is 1.